The lowest BCUT2D eigenvalue weighted by atomic mass is 9.77. The lowest BCUT2D eigenvalue weighted by Crippen LogP contribution is -2.41. The number of unbranched alkanes of at least 4 members (excludes halogenated alkanes) is 4. The fourth-order valence-electron chi connectivity index (χ4n) is 8.23. The summed E-state index contributed by atoms with van der Waals surface area (Å²) >= 11 is 0. The Kier molecular flexibility index (Phi) is 14.5. The van der Waals surface area contributed by atoms with Crippen molar-refractivity contribution in [1.29, 1.82) is 0 Å². The number of rotatable bonds is 17. The third-order valence-electron chi connectivity index (χ3n) is 11.5. The molecule has 0 atom stereocenters. The van der Waals surface area contributed by atoms with Gasteiger partial charge in [-0.3, -0.25) is 0 Å². The summed E-state index contributed by atoms with van der Waals surface area (Å²) < 4.78 is 18.4. The van der Waals surface area contributed by atoms with Crippen LogP contribution in [0.25, 0.3) is 0 Å². The minimum atomic E-state index is -0.479. The molecule has 3 fully saturated rings. The highest BCUT2D eigenvalue weighted by Gasteiger charge is 2.35. The van der Waals surface area contributed by atoms with Crippen molar-refractivity contribution >= 4 is 5.97 Å². The molecule has 47 heavy (non-hydrogen) atoms. The van der Waals surface area contributed by atoms with Crippen LogP contribution >= 0.6 is 0 Å². The summed E-state index contributed by atoms with van der Waals surface area (Å²) in [6.45, 7) is 5.00. The molecule has 3 saturated carbocycles. The van der Waals surface area contributed by atoms with Gasteiger partial charge in [0.25, 0.3) is 0 Å². The minimum absolute atomic E-state index is 0.170. The molecular weight excluding hydrogens is 580 g/mol. The number of carbonyl (C=O) groups excluding carboxylic acids is 1. The summed E-state index contributed by atoms with van der Waals surface area (Å²) in [6.07, 6.45) is 26.0. The van der Waals surface area contributed by atoms with Gasteiger partial charge in [-0.2, -0.15) is 0 Å². The van der Waals surface area contributed by atoms with Gasteiger partial charge in [0.1, 0.15) is 18.0 Å². The molecule has 2 radical (unpaired) electrons. The maximum absolute atomic E-state index is 13.1. The quantitative estimate of drug-likeness (QED) is 0.0978. The van der Waals surface area contributed by atoms with Crippen LogP contribution < -0.4 is 4.74 Å². The van der Waals surface area contributed by atoms with E-state index in [1.165, 1.54) is 120 Å². The fraction of sp³-hybridized carbons (Fsp3) is 0.651. The summed E-state index contributed by atoms with van der Waals surface area (Å²) in [4.78, 5) is 13.1. The molecule has 0 N–H and O–H groups in total. The van der Waals surface area contributed by atoms with Gasteiger partial charge < -0.3 is 14.2 Å². The molecule has 4 nitrogen and oxygen atoms in total. The van der Waals surface area contributed by atoms with Crippen LogP contribution in [0, 0.1) is 17.8 Å². The predicted molar refractivity (Wildman–Crippen MR) is 193 cm³/mol. The Labute approximate surface area is 286 Å². The second-order valence-electron chi connectivity index (χ2n) is 14.9. The molecule has 0 amide bonds. The molecule has 0 saturated heterocycles. The highest BCUT2D eigenvalue weighted by molar-refractivity contribution is 5.89. The Morgan fingerprint density at radius 1 is 0.766 bits per heavy atom. The van der Waals surface area contributed by atoms with E-state index in [0.29, 0.717) is 11.5 Å². The van der Waals surface area contributed by atoms with Crippen LogP contribution in [0.5, 0.6) is 5.75 Å². The van der Waals surface area contributed by atoms with Crippen molar-refractivity contribution in [2.24, 2.45) is 5.92 Å². The zero-order chi connectivity index (χ0) is 32.7. The maximum atomic E-state index is 13.1. The van der Waals surface area contributed by atoms with Crippen LogP contribution in [-0.2, 0) is 9.47 Å². The summed E-state index contributed by atoms with van der Waals surface area (Å²) in [7, 11) is 0. The largest absolute Gasteiger partial charge is 0.468 e. The summed E-state index contributed by atoms with van der Waals surface area (Å²) in [6, 6.07) is 16.8. The third kappa shape index (κ3) is 11.1. The summed E-state index contributed by atoms with van der Waals surface area (Å²) in [5.74, 6) is 5.44. The smallest absolute Gasteiger partial charge is 0.338 e. The van der Waals surface area contributed by atoms with Gasteiger partial charge in [0.2, 0.25) is 0 Å². The molecule has 2 aromatic carbocycles. The van der Waals surface area contributed by atoms with Gasteiger partial charge in [0, 0.05) is 5.92 Å². The van der Waals surface area contributed by atoms with Gasteiger partial charge in [0.15, 0.2) is 6.79 Å². The van der Waals surface area contributed by atoms with E-state index in [1.807, 2.05) is 12.1 Å². The predicted octanol–water partition coefficient (Wildman–Crippen LogP) is 12.1. The third-order valence-corrected chi connectivity index (χ3v) is 11.5. The number of hydrogen-bond acceptors (Lipinski definition) is 4. The monoisotopic (exact) mass is 642 g/mol. The van der Waals surface area contributed by atoms with E-state index in [4.69, 9.17) is 14.2 Å². The first kappa shape index (κ1) is 36.0. The van der Waals surface area contributed by atoms with Crippen LogP contribution in [0.15, 0.2) is 48.5 Å². The molecule has 0 aliphatic heterocycles. The Balaban J connectivity index is 1.04. The van der Waals surface area contributed by atoms with Crippen molar-refractivity contribution in [3.05, 3.63) is 77.1 Å². The second kappa shape index (κ2) is 19.0. The van der Waals surface area contributed by atoms with E-state index < -0.39 is 5.60 Å². The van der Waals surface area contributed by atoms with Crippen molar-refractivity contribution in [3.8, 4) is 5.75 Å². The Morgan fingerprint density at radius 3 is 2.13 bits per heavy atom. The average molecular weight is 643 g/mol. The molecular formula is C43H62O4. The van der Waals surface area contributed by atoms with E-state index in [1.54, 1.807) is 11.8 Å². The molecule has 0 heterocycles. The van der Waals surface area contributed by atoms with Crippen molar-refractivity contribution in [1.82, 2.24) is 0 Å². The van der Waals surface area contributed by atoms with Gasteiger partial charge in [-0.25, -0.2) is 4.79 Å². The highest BCUT2D eigenvalue weighted by atomic mass is 16.7. The van der Waals surface area contributed by atoms with Crippen LogP contribution in [0.2, 0.25) is 0 Å². The first-order valence-corrected chi connectivity index (χ1v) is 19.4. The highest BCUT2D eigenvalue weighted by Crippen LogP contribution is 2.40. The van der Waals surface area contributed by atoms with E-state index in [2.05, 4.69) is 50.2 Å². The minimum Gasteiger partial charge on any atom is -0.468 e. The maximum Gasteiger partial charge on any atom is 0.338 e. The number of carbonyl (C=O) groups is 1. The molecule has 0 unspecified atom stereocenters. The Hall–Kier alpha value is -2.33. The molecule has 2 aromatic rings. The Bertz CT molecular complexity index is 1150. The van der Waals surface area contributed by atoms with Gasteiger partial charge in [-0.15, -0.1) is 0 Å². The topological polar surface area (TPSA) is 44.8 Å². The SMILES string of the molecule is CCCCC[C]1CCC(c2ccc(OCOC3(COC(=O)c4ccc([C]5CCC(CCCCC)CC5)cc4)CCCCC3)cc2)CC1. The van der Waals surface area contributed by atoms with E-state index >= 15 is 0 Å². The normalized spacial score (nSPS) is 19.9. The zero-order valence-electron chi connectivity index (χ0n) is 29.7. The molecule has 3 aliphatic rings. The first-order chi connectivity index (χ1) is 23.1. The molecule has 0 aromatic heterocycles. The second-order valence-corrected chi connectivity index (χ2v) is 14.9. The molecule has 0 spiro atoms. The average Bonchev–Trinajstić information content (AvgIpc) is 3.12. The van der Waals surface area contributed by atoms with E-state index in [-0.39, 0.29) is 19.4 Å². The van der Waals surface area contributed by atoms with Crippen LogP contribution in [0.1, 0.15) is 176 Å². The van der Waals surface area contributed by atoms with Gasteiger partial charge in [0.05, 0.1) is 5.56 Å². The van der Waals surface area contributed by atoms with Gasteiger partial charge in [-0.05, 0) is 124 Å². The molecule has 5 rings (SSSR count). The standard InChI is InChI=1S/C43H62O4/c1-3-5-8-12-34-14-18-36(19-15-34)38-22-24-40(25-23-38)42(44)45-32-43(30-10-7-11-31-43)47-33-46-41-28-26-39(27-29-41)37-20-16-35(17-21-37)13-9-6-4-2/h22-29,34,37H,3-21,30-33H2,1-2H3. The fourth-order valence-corrected chi connectivity index (χ4v) is 8.23. The first-order valence-electron chi connectivity index (χ1n) is 19.4. The lowest BCUT2D eigenvalue weighted by molar-refractivity contribution is -0.146. The molecule has 4 heteroatoms. The van der Waals surface area contributed by atoms with Gasteiger partial charge >= 0.3 is 5.97 Å². The number of benzene rings is 2. The van der Waals surface area contributed by atoms with Crippen LogP contribution in [0.3, 0.4) is 0 Å². The van der Waals surface area contributed by atoms with Crippen LogP contribution in [0.4, 0.5) is 0 Å². The van der Waals surface area contributed by atoms with Crippen molar-refractivity contribution < 1.29 is 19.0 Å². The van der Waals surface area contributed by atoms with E-state index in [9.17, 15) is 4.79 Å². The van der Waals surface area contributed by atoms with E-state index in [0.717, 1.165) is 37.4 Å². The van der Waals surface area contributed by atoms with Crippen LogP contribution in [-0.4, -0.2) is 25.0 Å². The zero-order valence-corrected chi connectivity index (χ0v) is 29.7. The molecule has 0 bridgehead atoms. The molecule has 258 valence electrons. The van der Waals surface area contributed by atoms with Gasteiger partial charge in [-0.1, -0.05) is 102 Å². The number of ether oxygens (including phenoxy) is 3. The number of hydrogen-bond donors (Lipinski definition) is 0. The van der Waals surface area contributed by atoms with Crippen molar-refractivity contribution in [2.45, 2.75) is 160 Å². The van der Waals surface area contributed by atoms with Crippen molar-refractivity contribution in [2.75, 3.05) is 13.4 Å². The van der Waals surface area contributed by atoms with Crippen molar-refractivity contribution in [3.63, 3.8) is 0 Å². The number of esters is 1. The summed E-state index contributed by atoms with van der Waals surface area (Å²) in [5, 5.41) is 0. The lowest BCUT2D eigenvalue weighted by Gasteiger charge is -2.36. The Morgan fingerprint density at radius 2 is 1.45 bits per heavy atom. The summed E-state index contributed by atoms with van der Waals surface area (Å²) in [5.41, 5.74) is 2.86. The molecule has 3 aliphatic carbocycles.